The summed E-state index contributed by atoms with van der Waals surface area (Å²) in [6, 6.07) is 0. The fourth-order valence-corrected chi connectivity index (χ4v) is 1.25. The van der Waals surface area contributed by atoms with Gasteiger partial charge in [0, 0.05) is 26.4 Å². The molecule has 0 aliphatic heterocycles. The minimum atomic E-state index is -1.44. The highest BCUT2D eigenvalue weighted by atomic mass is 19.1. The van der Waals surface area contributed by atoms with Crippen molar-refractivity contribution in [3.63, 3.8) is 0 Å². The Balaban J connectivity index is 4.31. The van der Waals surface area contributed by atoms with E-state index in [0.717, 1.165) is 0 Å². The molecule has 0 saturated carbocycles. The van der Waals surface area contributed by atoms with Crippen LogP contribution in [0.4, 0.5) is 4.39 Å². The zero-order valence-electron chi connectivity index (χ0n) is 10.6. The van der Waals surface area contributed by atoms with Crippen LogP contribution in [0.25, 0.3) is 0 Å². The first kappa shape index (κ1) is 15.8. The van der Waals surface area contributed by atoms with Crippen molar-refractivity contribution in [1.29, 1.82) is 0 Å². The summed E-state index contributed by atoms with van der Waals surface area (Å²) in [5, 5.41) is 0. The lowest BCUT2D eigenvalue weighted by molar-refractivity contribution is -0.249. The van der Waals surface area contributed by atoms with Crippen molar-refractivity contribution in [2.24, 2.45) is 0 Å². The van der Waals surface area contributed by atoms with Crippen molar-refractivity contribution in [3.05, 3.63) is 0 Å². The Bertz CT molecular complexity index is 129. The third-order valence-electron chi connectivity index (χ3n) is 1.84. The maximum atomic E-state index is 14.0. The second-order valence-corrected chi connectivity index (χ2v) is 3.00. The zero-order chi connectivity index (χ0) is 12.4. The number of hydrogen-bond acceptors (Lipinski definition) is 4. The summed E-state index contributed by atoms with van der Waals surface area (Å²) in [5.41, 5.74) is 0. The van der Waals surface area contributed by atoms with Gasteiger partial charge in [0.25, 0.3) is 0 Å². The topological polar surface area (TPSA) is 36.9 Å². The normalized spacial score (nSPS) is 12.0. The van der Waals surface area contributed by atoms with Crippen LogP contribution in [0.5, 0.6) is 0 Å². The van der Waals surface area contributed by atoms with Gasteiger partial charge in [-0.25, -0.2) is 4.39 Å². The van der Waals surface area contributed by atoms with Crippen molar-refractivity contribution in [2.45, 2.75) is 46.4 Å². The van der Waals surface area contributed by atoms with E-state index in [4.69, 9.17) is 18.9 Å². The van der Waals surface area contributed by atoms with E-state index >= 15 is 0 Å². The van der Waals surface area contributed by atoms with E-state index in [-0.39, 0.29) is 0 Å². The molecule has 0 N–H and O–H groups in total. The summed E-state index contributed by atoms with van der Waals surface area (Å²) in [6.07, 6.45) is -3.31. The highest BCUT2D eigenvalue weighted by Gasteiger charge is 2.31. The maximum Gasteiger partial charge on any atom is 0.201 e. The number of alkyl halides is 1. The summed E-state index contributed by atoms with van der Waals surface area (Å²) in [5.74, 6) is 0. The van der Waals surface area contributed by atoms with Gasteiger partial charge in [-0.15, -0.1) is 0 Å². The van der Waals surface area contributed by atoms with Crippen molar-refractivity contribution in [2.75, 3.05) is 26.4 Å². The molecule has 5 heteroatoms. The highest BCUT2D eigenvalue weighted by molar-refractivity contribution is 4.66. The van der Waals surface area contributed by atoms with E-state index in [9.17, 15) is 4.39 Å². The van der Waals surface area contributed by atoms with Gasteiger partial charge in [0.05, 0.1) is 0 Å². The molecule has 0 aromatic rings. The Labute approximate surface area is 97.0 Å². The van der Waals surface area contributed by atoms with Crippen molar-refractivity contribution in [3.8, 4) is 0 Å². The van der Waals surface area contributed by atoms with Gasteiger partial charge in [0.15, 0.2) is 12.6 Å². The van der Waals surface area contributed by atoms with Crippen molar-refractivity contribution < 1.29 is 23.3 Å². The molecule has 0 rings (SSSR count). The van der Waals surface area contributed by atoms with E-state index in [1.54, 1.807) is 27.7 Å². The van der Waals surface area contributed by atoms with Gasteiger partial charge in [0.1, 0.15) is 0 Å². The van der Waals surface area contributed by atoms with Crippen LogP contribution in [-0.2, 0) is 18.9 Å². The predicted octanol–water partition coefficient (Wildman–Crippen LogP) is 2.12. The van der Waals surface area contributed by atoms with E-state index in [2.05, 4.69) is 0 Å². The lowest BCUT2D eigenvalue weighted by atomic mass is 10.3. The van der Waals surface area contributed by atoms with Crippen molar-refractivity contribution >= 4 is 0 Å². The number of halogens is 1. The summed E-state index contributed by atoms with van der Waals surface area (Å²) in [6.45, 7) is 8.69. The fraction of sp³-hybridized carbons (Fsp3) is 1.00. The fourth-order valence-electron chi connectivity index (χ4n) is 1.25. The van der Waals surface area contributed by atoms with Crippen LogP contribution >= 0.6 is 0 Å². The van der Waals surface area contributed by atoms with Gasteiger partial charge in [-0.2, -0.15) is 0 Å². The van der Waals surface area contributed by atoms with Gasteiger partial charge < -0.3 is 18.9 Å². The third kappa shape index (κ3) is 5.75. The highest BCUT2D eigenvalue weighted by Crippen LogP contribution is 2.14. The smallest absolute Gasteiger partial charge is 0.201 e. The lowest BCUT2D eigenvalue weighted by Crippen LogP contribution is -2.41. The molecule has 0 aliphatic carbocycles. The molecule has 0 fully saturated rings. The number of ether oxygens (including phenoxy) is 4. The van der Waals surface area contributed by atoms with Gasteiger partial charge in [-0.1, -0.05) is 0 Å². The first-order valence-electron chi connectivity index (χ1n) is 5.81. The van der Waals surface area contributed by atoms with Gasteiger partial charge in [-0.3, -0.25) is 0 Å². The first-order chi connectivity index (χ1) is 7.71. The summed E-state index contributed by atoms with van der Waals surface area (Å²) in [7, 11) is 0. The molecule has 16 heavy (non-hydrogen) atoms. The molecule has 0 heterocycles. The molecule has 0 aromatic heterocycles. The van der Waals surface area contributed by atoms with E-state index < -0.39 is 18.8 Å². The summed E-state index contributed by atoms with van der Waals surface area (Å²) >= 11 is 0. The third-order valence-corrected chi connectivity index (χ3v) is 1.84. The molecule has 0 spiro atoms. The van der Waals surface area contributed by atoms with Crippen molar-refractivity contribution in [1.82, 2.24) is 0 Å². The Morgan fingerprint density at radius 1 is 0.688 bits per heavy atom. The second kappa shape index (κ2) is 9.96. The van der Waals surface area contributed by atoms with E-state index in [1.165, 1.54) is 0 Å². The molecule has 0 amide bonds. The summed E-state index contributed by atoms with van der Waals surface area (Å²) in [4.78, 5) is 0. The lowest BCUT2D eigenvalue weighted by Gasteiger charge is -2.27. The van der Waals surface area contributed by atoms with Crippen LogP contribution in [0.3, 0.4) is 0 Å². The van der Waals surface area contributed by atoms with Gasteiger partial charge >= 0.3 is 0 Å². The SMILES string of the molecule is CCOC(OCC)C(F)C(OCC)OCC. The van der Waals surface area contributed by atoms with Gasteiger partial charge in [-0.05, 0) is 27.7 Å². The van der Waals surface area contributed by atoms with Crippen LogP contribution in [-0.4, -0.2) is 45.2 Å². The molecule has 0 saturated heterocycles. The van der Waals surface area contributed by atoms with E-state index in [0.29, 0.717) is 26.4 Å². The molecule has 4 nitrogen and oxygen atoms in total. The molecule has 0 radical (unpaired) electrons. The minimum Gasteiger partial charge on any atom is -0.350 e. The number of hydrogen-bond donors (Lipinski definition) is 0. The standard InChI is InChI=1S/C11H23FO4/c1-5-13-10(14-6-2)9(12)11(15-7-3)16-8-4/h9-11H,5-8H2,1-4H3. The Hall–Kier alpha value is -0.230. The zero-order valence-corrected chi connectivity index (χ0v) is 10.6. The molecule has 0 atom stereocenters. The van der Waals surface area contributed by atoms with Crippen LogP contribution in [0.2, 0.25) is 0 Å². The molecule has 0 unspecified atom stereocenters. The van der Waals surface area contributed by atoms with Crippen LogP contribution in [0.15, 0.2) is 0 Å². The average molecular weight is 238 g/mol. The van der Waals surface area contributed by atoms with E-state index in [1.807, 2.05) is 0 Å². The summed E-state index contributed by atoms with van der Waals surface area (Å²) < 4.78 is 34.6. The maximum absolute atomic E-state index is 14.0. The molecule has 0 bridgehead atoms. The monoisotopic (exact) mass is 238 g/mol. The molecular formula is C11H23FO4. The predicted molar refractivity (Wildman–Crippen MR) is 59.0 cm³/mol. The Morgan fingerprint density at radius 2 is 0.938 bits per heavy atom. The average Bonchev–Trinajstić information content (AvgIpc) is 2.27. The minimum absolute atomic E-state index is 0.385. The molecular weight excluding hydrogens is 215 g/mol. The molecule has 0 aromatic carbocycles. The Kier molecular flexibility index (Phi) is 9.82. The first-order valence-corrected chi connectivity index (χ1v) is 5.81. The Morgan fingerprint density at radius 3 is 1.12 bits per heavy atom. The molecule has 98 valence electrons. The number of rotatable bonds is 10. The van der Waals surface area contributed by atoms with Crippen LogP contribution in [0, 0.1) is 0 Å². The van der Waals surface area contributed by atoms with Gasteiger partial charge in [0.2, 0.25) is 6.17 Å². The van der Waals surface area contributed by atoms with Crippen LogP contribution < -0.4 is 0 Å². The largest absolute Gasteiger partial charge is 0.350 e. The second-order valence-electron chi connectivity index (χ2n) is 3.00. The van der Waals surface area contributed by atoms with Crippen LogP contribution in [0.1, 0.15) is 27.7 Å². The quantitative estimate of drug-likeness (QED) is 0.546. The molecule has 0 aliphatic rings.